The van der Waals surface area contributed by atoms with Gasteiger partial charge in [0.1, 0.15) is 0 Å². The summed E-state index contributed by atoms with van der Waals surface area (Å²) < 4.78 is 5.88. The van der Waals surface area contributed by atoms with Crippen LogP contribution in [0.5, 0.6) is 0 Å². The van der Waals surface area contributed by atoms with Crippen molar-refractivity contribution in [3.05, 3.63) is 84.8 Å². The van der Waals surface area contributed by atoms with Crippen molar-refractivity contribution in [2.45, 2.75) is 16.2 Å². The molecule has 4 nitrogen and oxygen atoms in total. The van der Waals surface area contributed by atoms with Crippen LogP contribution in [0.4, 0.5) is 11.4 Å². The number of fused-ring (bicyclic) bond motifs is 2. The molecule has 1 aromatic heterocycles. The third kappa shape index (κ3) is 3.11. The van der Waals surface area contributed by atoms with Crippen molar-refractivity contribution in [3.63, 3.8) is 0 Å². The minimum Gasteiger partial charge on any atom is -0.421 e. The number of rotatable bonds is 4. The highest BCUT2D eigenvalue weighted by molar-refractivity contribution is 7.99. The van der Waals surface area contributed by atoms with Crippen LogP contribution in [-0.4, -0.2) is 16.7 Å². The van der Waals surface area contributed by atoms with Gasteiger partial charge in [0, 0.05) is 28.3 Å². The second-order valence-corrected chi connectivity index (χ2v) is 7.39. The summed E-state index contributed by atoms with van der Waals surface area (Å²) in [5.74, 6) is 1.22. The molecule has 0 N–H and O–H groups in total. The average Bonchev–Trinajstić information content (AvgIpc) is 3.21. The SMILES string of the molecule is c1ccc(-c2nnc(CCN3c4ccccc4Sc4ccccc43)o2)cc1. The quantitative estimate of drug-likeness (QED) is 0.468. The van der Waals surface area contributed by atoms with E-state index in [2.05, 4.69) is 63.6 Å². The first-order valence-corrected chi connectivity index (χ1v) is 9.71. The zero-order valence-electron chi connectivity index (χ0n) is 14.6. The second-order valence-electron chi connectivity index (χ2n) is 6.31. The predicted molar refractivity (Wildman–Crippen MR) is 107 cm³/mol. The first-order valence-electron chi connectivity index (χ1n) is 8.90. The van der Waals surface area contributed by atoms with E-state index >= 15 is 0 Å². The Bertz CT molecular complexity index is 1030. The van der Waals surface area contributed by atoms with Gasteiger partial charge in [-0.25, -0.2) is 0 Å². The van der Waals surface area contributed by atoms with Gasteiger partial charge in [0.2, 0.25) is 11.8 Å². The molecular weight excluding hydrogens is 354 g/mol. The van der Waals surface area contributed by atoms with Crippen LogP contribution < -0.4 is 4.90 Å². The van der Waals surface area contributed by atoms with Crippen molar-refractivity contribution in [2.24, 2.45) is 0 Å². The minimum absolute atomic E-state index is 0.570. The van der Waals surface area contributed by atoms with E-state index in [-0.39, 0.29) is 0 Å². The van der Waals surface area contributed by atoms with E-state index in [1.54, 1.807) is 0 Å². The van der Waals surface area contributed by atoms with Gasteiger partial charge in [-0.2, -0.15) is 0 Å². The molecule has 0 saturated carbocycles. The number of hydrogen-bond donors (Lipinski definition) is 0. The van der Waals surface area contributed by atoms with Gasteiger partial charge >= 0.3 is 0 Å². The summed E-state index contributed by atoms with van der Waals surface area (Å²) in [7, 11) is 0. The van der Waals surface area contributed by atoms with Crippen molar-refractivity contribution in [2.75, 3.05) is 11.4 Å². The molecule has 0 bridgehead atoms. The molecule has 3 aromatic carbocycles. The third-order valence-corrected chi connectivity index (χ3v) is 5.70. The fraction of sp³-hybridized carbons (Fsp3) is 0.0909. The van der Waals surface area contributed by atoms with Crippen LogP contribution in [0, 0.1) is 0 Å². The summed E-state index contributed by atoms with van der Waals surface area (Å²) in [6, 6.07) is 26.9. The molecule has 0 radical (unpaired) electrons. The fourth-order valence-electron chi connectivity index (χ4n) is 3.28. The topological polar surface area (TPSA) is 42.2 Å². The molecule has 0 saturated heterocycles. The van der Waals surface area contributed by atoms with E-state index in [0.717, 1.165) is 12.1 Å². The number of benzene rings is 3. The standard InChI is InChI=1S/C22H17N3OS/c1-2-8-16(9-3-1)22-24-23-21(26-22)14-15-25-17-10-4-6-12-19(17)27-20-13-7-5-11-18(20)25/h1-13H,14-15H2. The maximum Gasteiger partial charge on any atom is 0.247 e. The summed E-state index contributed by atoms with van der Waals surface area (Å²) >= 11 is 1.82. The van der Waals surface area contributed by atoms with Gasteiger partial charge in [-0.15, -0.1) is 10.2 Å². The lowest BCUT2D eigenvalue weighted by Crippen LogP contribution is -2.23. The molecule has 0 amide bonds. The lowest BCUT2D eigenvalue weighted by atomic mass is 10.2. The Hall–Kier alpha value is -3.05. The number of anilines is 2. The first-order chi connectivity index (χ1) is 13.4. The maximum absolute atomic E-state index is 5.88. The Morgan fingerprint density at radius 2 is 1.37 bits per heavy atom. The molecule has 0 unspecified atom stereocenters. The summed E-state index contributed by atoms with van der Waals surface area (Å²) in [4.78, 5) is 4.88. The van der Waals surface area contributed by atoms with Crippen molar-refractivity contribution in [1.29, 1.82) is 0 Å². The van der Waals surface area contributed by atoms with Gasteiger partial charge in [0.05, 0.1) is 11.4 Å². The zero-order chi connectivity index (χ0) is 18.1. The molecule has 4 aromatic rings. The van der Waals surface area contributed by atoms with Gasteiger partial charge in [0.15, 0.2) is 0 Å². The van der Waals surface area contributed by atoms with Gasteiger partial charge < -0.3 is 9.32 Å². The molecule has 0 spiro atoms. The first kappa shape index (κ1) is 16.1. The second kappa shape index (κ2) is 6.93. The van der Waals surface area contributed by atoms with E-state index in [4.69, 9.17) is 4.42 Å². The Kier molecular flexibility index (Phi) is 4.14. The van der Waals surface area contributed by atoms with E-state index in [1.807, 2.05) is 42.1 Å². The molecule has 132 valence electrons. The summed E-state index contributed by atoms with van der Waals surface area (Å²) in [6.45, 7) is 0.783. The molecule has 0 fully saturated rings. The Labute approximate surface area is 161 Å². The highest BCUT2D eigenvalue weighted by atomic mass is 32.2. The summed E-state index contributed by atoms with van der Waals surface area (Å²) in [6.07, 6.45) is 0.688. The Morgan fingerprint density at radius 1 is 0.741 bits per heavy atom. The van der Waals surface area contributed by atoms with Gasteiger partial charge in [0.25, 0.3) is 0 Å². The normalized spacial score (nSPS) is 12.5. The highest BCUT2D eigenvalue weighted by Crippen LogP contribution is 2.47. The molecule has 0 aliphatic carbocycles. The van der Waals surface area contributed by atoms with Crippen molar-refractivity contribution in [1.82, 2.24) is 10.2 Å². The summed E-state index contributed by atoms with van der Waals surface area (Å²) in [5, 5.41) is 8.44. The molecular formula is C22H17N3OS. The molecule has 0 atom stereocenters. The van der Waals surface area contributed by atoms with Crippen LogP contribution in [0.3, 0.4) is 0 Å². The molecule has 1 aliphatic rings. The molecule has 5 rings (SSSR count). The number of para-hydroxylation sites is 2. The predicted octanol–water partition coefficient (Wildman–Crippen LogP) is 5.58. The zero-order valence-corrected chi connectivity index (χ0v) is 15.4. The van der Waals surface area contributed by atoms with Crippen molar-refractivity contribution < 1.29 is 4.42 Å². The Balaban J connectivity index is 1.41. The average molecular weight is 371 g/mol. The van der Waals surface area contributed by atoms with E-state index < -0.39 is 0 Å². The largest absolute Gasteiger partial charge is 0.421 e. The lowest BCUT2D eigenvalue weighted by Gasteiger charge is -2.32. The summed E-state index contributed by atoms with van der Waals surface area (Å²) in [5.41, 5.74) is 3.40. The molecule has 5 heteroatoms. The molecule has 27 heavy (non-hydrogen) atoms. The van der Waals surface area contributed by atoms with Gasteiger partial charge in [-0.3, -0.25) is 0 Å². The van der Waals surface area contributed by atoms with Crippen LogP contribution in [0.15, 0.2) is 93.1 Å². The van der Waals surface area contributed by atoms with E-state index in [0.29, 0.717) is 18.2 Å². The number of hydrogen-bond acceptors (Lipinski definition) is 5. The lowest BCUT2D eigenvalue weighted by molar-refractivity contribution is 0.506. The number of aromatic nitrogens is 2. The Morgan fingerprint density at radius 3 is 2.07 bits per heavy atom. The third-order valence-electron chi connectivity index (χ3n) is 4.57. The molecule has 2 heterocycles. The smallest absolute Gasteiger partial charge is 0.247 e. The highest BCUT2D eigenvalue weighted by Gasteiger charge is 2.23. The van der Waals surface area contributed by atoms with Gasteiger partial charge in [-0.1, -0.05) is 54.2 Å². The van der Waals surface area contributed by atoms with Crippen LogP contribution in [0.25, 0.3) is 11.5 Å². The van der Waals surface area contributed by atoms with Crippen LogP contribution >= 0.6 is 11.8 Å². The minimum atomic E-state index is 0.570. The van der Waals surface area contributed by atoms with E-state index in [9.17, 15) is 0 Å². The van der Waals surface area contributed by atoms with Crippen LogP contribution in [0.2, 0.25) is 0 Å². The molecule has 1 aliphatic heterocycles. The fourth-order valence-corrected chi connectivity index (χ4v) is 4.38. The maximum atomic E-state index is 5.88. The van der Waals surface area contributed by atoms with Gasteiger partial charge in [-0.05, 0) is 36.4 Å². The van der Waals surface area contributed by atoms with Crippen molar-refractivity contribution in [3.8, 4) is 11.5 Å². The monoisotopic (exact) mass is 371 g/mol. The van der Waals surface area contributed by atoms with Crippen molar-refractivity contribution >= 4 is 23.1 Å². The van der Waals surface area contributed by atoms with Crippen LogP contribution in [0.1, 0.15) is 5.89 Å². The van der Waals surface area contributed by atoms with Crippen LogP contribution in [-0.2, 0) is 6.42 Å². The number of nitrogens with zero attached hydrogens (tertiary/aromatic N) is 3. The van der Waals surface area contributed by atoms with E-state index in [1.165, 1.54) is 21.2 Å².